The Hall–Kier alpha value is -0.610. The van der Waals surface area contributed by atoms with Crippen LogP contribution in [0, 0.1) is 17.8 Å². The second-order valence-corrected chi connectivity index (χ2v) is 5.77. The Morgan fingerprint density at radius 1 is 1.19 bits per heavy atom. The fourth-order valence-electron chi connectivity index (χ4n) is 3.73. The van der Waals surface area contributed by atoms with Crippen molar-refractivity contribution in [2.24, 2.45) is 23.5 Å². The monoisotopic (exact) mass is 224 g/mol. The highest BCUT2D eigenvalue weighted by atomic mass is 16.3. The minimum absolute atomic E-state index is 0.0384. The Labute approximate surface area is 95.6 Å². The van der Waals surface area contributed by atoms with Crippen LogP contribution in [0.5, 0.6) is 0 Å². The Bertz CT molecular complexity index is 299. The van der Waals surface area contributed by atoms with Gasteiger partial charge >= 0.3 is 0 Å². The topological polar surface area (TPSA) is 75.4 Å². The Balaban J connectivity index is 1.58. The number of carbonyl (C=O) groups excluding carboxylic acids is 1. The third-order valence-corrected chi connectivity index (χ3v) is 4.74. The van der Waals surface area contributed by atoms with Gasteiger partial charge in [0.15, 0.2) is 0 Å². The number of rotatable bonds is 2. The van der Waals surface area contributed by atoms with Crippen LogP contribution in [0.4, 0.5) is 0 Å². The summed E-state index contributed by atoms with van der Waals surface area (Å²) in [6.07, 6.45) is 4.73. The van der Waals surface area contributed by atoms with Gasteiger partial charge in [0.2, 0.25) is 5.91 Å². The average Bonchev–Trinajstić information content (AvgIpc) is 2.75. The van der Waals surface area contributed by atoms with Crippen molar-refractivity contribution in [1.82, 2.24) is 5.32 Å². The molecule has 3 aliphatic rings. The number of carbonyl (C=O) groups is 1. The zero-order valence-electron chi connectivity index (χ0n) is 9.43. The summed E-state index contributed by atoms with van der Waals surface area (Å²) >= 11 is 0. The molecule has 2 bridgehead atoms. The summed E-state index contributed by atoms with van der Waals surface area (Å²) in [5.74, 6) is 1.27. The molecule has 16 heavy (non-hydrogen) atoms. The number of fused-ring (bicyclic) bond motifs is 2. The molecular weight excluding hydrogens is 204 g/mol. The van der Waals surface area contributed by atoms with E-state index >= 15 is 0 Å². The predicted octanol–water partition coefficient (Wildman–Crippen LogP) is -0.000700. The second kappa shape index (κ2) is 3.70. The Kier molecular flexibility index (Phi) is 2.44. The summed E-state index contributed by atoms with van der Waals surface area (Å²) in [6.45, 7) is 0. The number of aliphatic hydroxyl groups excluding tert-OH is 1. The van der Waals surface area contributed by atoms with Crippen LogP contribution in [-0.4, -0.2) is 29.2 Å². The SMILES string of the molecule is NC1C2CCC(C2)C1C(=O)NC1CC(O)C1. The van der Waals surface area contributed by atoms with E-state index in [0.717, 1.165) is 6.42 Å². The van der Waals surface area contributed by atoms with E-state index in [1.54, 1.807) is 0 Å². The van der Waals surface area contributed by atoms with Gasteiger partial charge < -0.3 is 16.2 Å². The third kappa shape index (κ3) is 1.55. The summed E-state index contributed by atoms with van der Waals surface area (Å²) in [5, 5.41) is 12.2. The lowest BCUT2D eigenvalue weighted by atomic mass is 9.83. The maximum atomic E-state index is 12.1. The van der Waals surface area contributed by atoms with E-state index in [-0.39, 0.29) is 30.0 Å². The highest BCUT2D eigenvalue weighted by Crippen LogP contribution is 2.47. The lowest BCUT2D eigenvalue weighted by Gasteiger charge is -2.35. The maximum Gasteiger partial charge on any atom is 0.225 e. The number of hydrogen-bond donors (Lipinski definition) is 3. The molecule has 4 heteroatoms. The van der Waals surface area contributed by atoms with Crippen LogP contribution in [-0.2, 0) is 4.79 Å². The number of amides is 1. The molecule has 3 saturated carbocycles. The molecule has 0 heterocycles. The zero-order chi connectivity index (χ0) is 11.3. The van der Waals surface area contributed by atoms with E-state index in [0.29, 0.717) is 24.7 Å². The largest absolute Gasteiger partial charge is 0.393 e. The first-order valence-corrected chi connectivity index (χ1v) is 6.39. The van der Waals surface area contributed by atoms with Gasteiger partial charge in [-0.05, 0) is 43.9 Å². The van der Waals surface area contributed by atoms with Crippen LogP contribution in [0.1, 0.15) is 32.1 Å². The molecule has 90 valence electrons. The van der Waals surface area contributed by atoms with Crippen molar-refractivity contribution in [1.29, 1.82) is 0 Å². The lowest BCUT2D eigenvalue weighted by Crippen LogP contribution is -2.52. The fourth-order valence-corrected chi connectivity index (χ4v) is 3.73. The van der Waals surface area contributed by atoms with Gasteiger partial charge in [-0.2, -0.15) is 0 Å². The molecule has 3 rings (SSSR count). The molecular formula is C12H20N2O2. The van der Waals surface area contributed by atoms with E-state index < -0.39 is 0 Å². The minimum atomic E-state index is -0.209. The van der Waals surface area contributed by atoms with Crippen LogP contribution < -0.4 is 11.1 Å². The second-order valence-electron chi connectivity index (χ2n) is 5.77. The first-order valence-electron chi connectivity index (χ1n) is 6.39. The first kappa shape index (κ1) is 10.5. The predicted molar refractivity (Wildman–Crippen MR) is 59.5 cm³/mol. The molecule has 0 radical (unpaired) electrons. The van der Waals surface area contributed by atoms with Crippen molar-refractivity contribution in [3.63, 3.8) is 0 Å². The molecule has 0 aromatic carbocycles. The van der Waals surface area contributed by atoms with Crippen molar-refractivity contribution in [2.75, 3.05) is 0 Å². The standard InChI is InChI=1S/C12H20N2O2/c13-11-7-2-1-6(3-7)10(11)12(16)14-8-4-9(15)5-8/h6-11,15H,1-5,13H2,(H,14,16). The van der Waals surface area contributed by atoms with Gasteiger partial charge in [0.25, 0.3) is 0 Å². The molecule has 0 spiro atoms. The summed E-state index contributed by atoms with van der Waals surface area (Å²) in [4.78, 5) is 12.1. The smallest absolute Gasteiger partial charge is 0.225 e. The summed E-state index contributed by atoms with van der Waals surface area (Å²) in [5.41, 5.74) is 6.12. The minimum Gasteiger partial charge on any atom is -0.393 e. The quantitative estimate of drug-likeness (QED) is 0.618. The number of hydrogen-bond acceptors (Lipinski definition) is 3. The molecule has 3 aliphatic carbocycles. The van der Waals surface area contributed by atoms with Crippen LogP contribution >= 0.6 is 0 Å². The molecule has 4 unspecified atom stereocenters. The average molecular weight is 224 g/mol. The van der Waals surface area contributed by atoms with Crippen molar-refractivity contribution < 1.29 is 9.90 Å². The Morgan fingerprint density at radius 2 is 1.88 bits per heavy atom. The summed E-state index contributed by atoms with van der Waals surface area (Å²) < 4.78 is 0. The van der Waals surface area contributed by atoms with Crippen LogP contribution in [0.3, 0.4) is 0 Å². The van der Waals surface area contributed by atoms with Gasteiger partial charge in [-0.3, -0.25) is 4.79 Å². The highest BCUT2D eigenvalue weighted by Gasteiger charge is 2.49. The molecule has 4 N–H and O–H groups in total. The van der Waals surface area contributed by atoms with Crippen LogP contribution in [0.25, 0.3) is 0 Å². The molecule has 0 aliphatic heterocycles. The van der Waals surface area contributed by atoms with E-state index in [9.17, 15) is 9.90 Å². The zero-order valence-corrected chi connectivity index (χ0v) is 9.43. The molecule has 3 fully saturated rings. The van der Waals surface area contributed by atoms with Gasteiger partial charge in [-0.15, -0.1) is 0 Å². The molecule has 0 saturated heterocycles. The van der Waals surface area contributed by atoms with Gasteiger partial charge in [0.1, 0.15) is 0 Å². The molecule has 0 aromatic rings. The van der Waals surface area contributed by atoms with Crippen LogP contribution in [0.15, 0.2) is 0 Å². The first-order chi connectivity index (χ1) is 7.65. The fraction of sp³-hybridized carbons (Fsp3) is 0.917. The summed E-state index contributed by atoms with van der Waals surface area (Å²) in [7, 11) is 0. The van der Waals surface area contributed by atoms with Crippen molar-refractivity contribution in [2.45, 2.75) is 50.3 Å². The molecule has 4 nitrogen and oxygen atoms in total. The van der Waals surface area contributed by atoms with Gasteiger partial charge in [-0.1, -0.05) is 0 Å². The van der Waals surface area contributed by atoms with Crippen molar-refractivity contribution in [3.8, 4) is 0 Å². The highest BCUT2D eigenvalue weighted by molar-refractivity contribution is 5.80. The van der Waals surface area contributed by atoms with E-state index in [1.165, 1.54) is 12.8 Å². The van der Waals surface area contributed by atoms with E-state index in [2.05, 4.69) is 5.32 Å². The third-order valence-electron chi connectivity index (χ3n) is 4.74. The van der Waals surface area contributed by atoms with Crippen LogP contribution in [0.2, 0.25) is 0 Å². The van der Waals surface area contributed by atoms with Crippen molar-refractivity contribution >= 4 is 5.91 Å². The normalized spacial score (nSPS) is 50.1. The molecule has 0 aromatic heterocycles. The van der Waals surface area contributed by atoms with E-state index in [1.807, 2.05) is 0 Å². The van der Waals surface area contributed by atoms with Gasteiger partial charge in [-0.25, -0.2) is 0 Å². The van der Waals surface area contributed by atoms with Gasteiger partial charge in [0, 0.05) is 12.1 Å². The van der Waals surface area contributed by atoms with Crippen molar-refractivity contribution in [3.05, 3.63) is 0 Å². The lowest BCUT2D eigenvalue weighted by molar-refractivity contribution is -0.129. The number of nitrogens with two attached hydrogens (primary N) is 1. The summed E-state index contributed by atoms with van der Waals surface area (Å²) in [6, 6.07) is 0.262. The van der Waals surface area contributed by atoms with Gasteiger partial charge in [0.05, 0.1) is 12.0 Å². The Morgan fingerprint density at radius 3 is 2.44 bits per heavy atom. The number of aliphatic hydroxyl groups is 1. The molecule has 4 atom stereocenters. The number of nitrogens with one attached hydrogen (secondary N) is 1. The van der Waals surface area contributed by atoms with E-state index in [4.69, 9.17) is 5.73 Å². The molecule has 1 amide bonds. The maximum absolute atomic E-state index is 12.1.